The Morgan fingerprint density at radius 1 is 0.591 bits per heavy atom. The van der Waals surface area contributed by atoms with Crippen molar-refractivity contribution in [2.75, 3.05) is 0 Å². The molecular formula is C40H36Cl2SiZr. The van der Waals surface area contributed by atoms with E-state index >= 15 is 0 Å². The van der Waals surface area contributed by atoms with Crippen LogP contribution in [0.2, 0.25) is 13.1 Å². The average molecular weight is 707 g/mol. The standard InChI is InChI=1S/C22H17.C16H13.C2H6Si.2ClH.Zr/c1-16-8-5-6-11-18(16)21-14-15-22-19(12-7-13-20(21)22)17-9-3-2-4-10-17;1-12-10-14-8-5-9-15(16(14)11-12)13-6-3-2-4-7-13;1-3-2;;;/h2-15H,1H3;2-11H,1H3;1-2H3;2*1H;/q;;;;;+2/p-2. The molecule has 7 rings (SSSR count). The molecule has 0 saturated heterocycles. The molecule has 2 unspecified atom stereocenters. The van der Waals surface area contributed by atoms with Gasteiger partial charge in [0.15, 0.2) is 0 Å². The zero-order valence-corrected chi connectivity index (χ0v) is 30.6. The fraction of sp³-hybridized carbons (Fsp3) is 0.150. The number of halogens is 2. The quantitative estimate of drug-likeness (QED) is 0.234. The Kier molecular flexibility index (Phi) is 9.88. The van der Waals surface area contributed by atoms with Gasteiger partial charge in [-0.1, -0.05) is 0 Å². The van der Waals surface area contributed by atoms with E-state index in [0.29, 0.717) is 3.63 Å². The molecule has 0 saturated carbocycles. The number of benzene rings is 5. The Morgan fingerprint density at radius 3 is 1.75 bits per heavy atom. The van der Waals surface area contributed by atoms with Crippen LogP contribution in [0.3, 0.4) is 0 Å². The molecule has 0 bridgehead atoms. The monoisotopic (exact) mass is 704 g/mol. The summed E-state index contributed by atoms with van der Waals surface area (Å²) in [5.41, 5.74) is 15.2. The number of hydrogen-bond donors (Lipinski definition) is 0. The van der Waals surface area contributed by atoms with Crippen LogP contribution in [0, 0.1) is 6.92 Å². The van der Waals surface area contributed by atoms with Crippen molar-refractivity contribution < 1.29 is 45.2 Å². The zero-order valence-electron chi connectivity index (χ0n) is 25.6. The molecule has 0 amide bonds. The van der Waals surface area contributed by atoms with E-state index in [1.807, 2.05) is 0 Å². The normalized spacial score (nSPS) is 17.3. The van der Waals surface area contributed by atoms with Gasteiger partial charge in [0, 0.05) is 0 Å². The molecule has 2 atom stereocenters. The van der Waals surface area contributed by atoms with Crippen LogP contribution >= 0.6 is 0 Å². The molecule has 0 fully saturated rings. The van der Waals surface area contributed by atoms with Gasteiger partial charge in [-0.3, -0.25) is 0 Å². The molecule has 5 aromatic carbocycles. The van der Waals surface area contributed by atoms with Crippen LogP contribution in [-0.2, 0) is 23.5 Å². The third-order valence-electron chi connectivity index (χ3n) is 9.30. The van der Waals surface area contributed by atoms with E-state index in [0.717, 1.165) is 0 Å². The van der Waals surface area contributed by atoms with Gasteiger partial charge in [0.25, 0.3) is 0 Å². The van der Waals surface area contributed by atoms with Crippen LogP contribution in [0.4, 0.5) is 0 Å². The summed E-state index contributed by atoms with van der Waals surface area (Å²) in [5.74, 6) is 0. The van der Waals surface area contributed by atoms with Gasteiger partial charge in [-0.25, -0.2) is 0 Å². The maximum Gasteiger partial charge on any atom is -1.00 e. The van der Waals surface area contributed by atoms with Crippen molar-refractivity contribution in [3.05, 3.63) is 166 Å². The molecule has 44 heavy (non-hydrogen) atoms. The molecule has 0 nitrogen and oxygen atoms in total. The number of allylic oxidation sites excluding steroid dienone is 2. The minimum Gasteiger partial charge on any atom is -1.00 e. The fourth-order valence-electron chi connectivity index (χ4n) is 7.60. The summed E-state index contributed by atoms with van der Waals surface area (Å²) in [6, 6.07) is 45.4. The molecule has 0 spiro atoms. The third kappa shape index (κ3) is 5.29. The van der Waals surface area contributed by atoms with Gasteiger partial charge in [-0.15, -0.1) is 0 Å². The molecule has 0 N–H and O–H groups in total. The summed E-state index contributed by atoms with van der Waals surface area (Å²) < 4.78 is 0.529. The maximum absolute atomic E-state index is 2.67. The summed E-state index contributed by atoms with van der Waals surface area (Å²) in [6.07, 6.45) is 7.70. The second-order valence-electron chi connectivity index (χ2n) is 12.0. The summed E-state index contributed by atoms with van der Waals surface area (Å²) in [5, 5.41) is 0. The van der Waals surface area contributed by atoms with E-state index < -0.39 is 25.8 Å². The third-order valence-corrected chi connectivity index (χ3v) is 29.5. The van der Waals surface area contributed by atoms with Crippen LogP contribution in [0.1, 0.15) is 43.9 Å². The molecule has 0 aliphatic heterocycles. The van der Waals surface area contributed by atoms with E-state index in [1.54, 1.807) is 16.7 Å². The van der Waals surface area contributed by atoms with Crippen molar-refractivity contribution in [3.8, 4) is 22.3 Å². The molecule has 218 valence electrons. The zero-order chi connectivity index (χ0) is 28.8. The van der Waals surface area contributed by atoms with Crippen molar-refractivity contribution in [3.63, 3.8) is 0 Å². The van der Waals surface area contributed by atoms with Crippen molar-refractivity contribution >= 4 is 17.6 Å². The summed E-state index contributed by atoms with van der Waals surface area (Å²) in [6.45, 7) is 10.0. The van der Waals surface area contributed by atoms with Crippen molar-refractivity contribution in [2.24, 2.45) is 0 Å². The molecule has 0 heterocycles. The molecule has 4 heteroatoms. The summed E-state index contributed by atoms with van der Waals surface area (Å²) in [7, 11) is 0. The average Bonchev–Trinajstić information content (AvgIpc) is 3.56. The molecule has 2 aliphatic rings. The number of aryl methyl sites for hydroxylation is 1. The fourth-order valence-corrected chi connectivity index (χ4v) is 30.5. The Labute approximate surface area is 283 Å². The van der Waals surface area contributed by atoms with Gasteiger partial charge in [-0.2, -0.15) is 0 Å². The van der Waals surface area contributed by atoms with Crippen LogP contribution < -0.4 is 24.8 Å². The van der Waals surface area contributed by atoms with Crippen LogP contribution in [0.15, 0.2) is 133 Å². The van der Waals surface area contributed by atoms with Gasteiger partial charge in [-0.05, 0) is 0 Å². The van der Waals surface area contributed by atoms with Crippen molar-refractivity contribution in [2.45, 2.75) is 33.7 Å². The first-order valence-electron chi connectivity index (χ1n) is 15.0. The first-order chi connectivity index (χ1) is 20.5. The van der Waals surface area contributed by atoms with Crippen molar-refractivity contribution in [1.29, 1.82) is 0 Å². The first-order valence-corrected chi connectivity index (χ1v) is 23.8. The van der Waals surface area contributed by atoms with Gasteiger partial charge in [0.1, 0.15) is 0 Å². The molecule has 5 aromatic rings. The molecule has 0 radical (unpaired) electrons. The Hall–Kier alpha value is -2.74. The predicted octanol–water partition coefficient (Wildman–Crippen LogP) is 4.63. The second kappa shape index (κ2) is 13.3. The maximum atomic E-state index is 2.67. The van der Waals surface area contributed by atoms with Crippen LogP contribution in [0.25, 0.3) is 34.4 Å². The van der Waals surface area contributed by atoms with Gasteiger partial charge in [0.05, 0.1) is 0 Å². The van der Waals surface area contributed by atoms with Crippen LogP contribution in [0.5, 0.6) is 0 Å². The van der Waals surface area contributed by atoms with E-state index in [4.69, 9.17) is 0 Å². The largest absolute Gasteiger partial charge is 1.00 e. The van der Waals surface area contributed by atoms with Gasteiger partial charge < -0.3 is 24.8 Å². The summed E-state index contributed by atoms with van der Waals surface area (Å²) in [4.78, 5) is 0. The number of fused-ring (bicyclic) bond motifs is 2. The van der Waals surface area contributed by atoms with E-state index in [9.17, 15) is 0 Å². The Balaban J connectivity index is 0.00000192. The summed E-state index contributed by atoms with van der Waals surface area (Å²) >= 11 is -2.47. The second-order valence-corrected chi connectivity index (χ2v) is 30.0. The minimum absolute atomic E-state index is 0. The van der Waals surface area contributed by atoms with Crippen molar-refractivity contribution in [1.82, 2.24) is 0 Å². The Morgan fingerprint density at radius 2 is 1.14 bits per heavy atom. The van der Waals surface area contributed by atoms with E-state index in [1.165, 1.54) is 44.5 Å². The molecule has 2 aliphatic carbocycles. The van der Waals surface area contributed by atoms with Crippen LogP contribution in [-0.4, -0.2) is 5.43 Å². The molecule has 0 aromatic heterocycles. The number of rotatable bonds is 5. The molecular weight excluding hydrogens is 671 g/mol. The van der Waals surface area contributed by atoms with E-state index in [2.05, 4.69) is 166 Å². The first kappa shape index (κ1) is 32.6. The smallest absolute Gasteiger partial charge is 1.00 e. The van der Waals surface area contributed by atoms with E-state index in [-0.39, 0.29) is 27.9 Å². The van der Waals surface area contributed by atoms with Gasteiger partial charge >= 0.3 is 260 Å². The SMILES string of the molecule is CC1=Cc2c(-c3ccccc3)cccc2[CH]1[Zr+2](=[Si](C)C)[C]1(c2ccccc2C)C=Cc2c(-c3ccccc3)cccc21.[Cl-].[Cl-]. The topological polar surface area (TPSA) is 0 Å². The predicted molar refractivity (Wildman–Crippen MR) is 179 cm³/mol. The number of hydrogen-bond acceptors (Lipinski definition) is 0. The minimum atomic E-state index is -2.47. The Bertz CT molecular complexity index is 1920. The van der Waals surface area contributed by atoms with Gasteiger partial charge in [0.2, 0.25) is 0 Å².